The van der Waals surface area contributed by atoms with Crippen LogP contribution in [0.25, 0.3) is 10.8 Å². The minimum atomic E-state index is -0.393. The number of rotatable bonds is 6. The highest BCUT2D eigenvalue weighted by atomic mass is 19.1. The summed E-state index contributed by atoms with van der Waals surface area (Å²) in [6.45, 7) is 1.75. The van der Waals surface area contributed by atoms with Crippen LogP contribution >= 0.6 is 0 Å². The van der Waals surface area contributed by atoms with Gasteiger partial charge < -0.3 is 15.0 Å². The highest BCUT2D eigenvalue weighted by Gasteiger charge is 2.20. The number of halogens is 1. The van der Waals surface area contributed by atoms with Gasteiger partial charge in [0, 0.05) is 19.6 Å². The topological polar surface area (TPSA) is 41.6 Å². The molecule has 4 aromatic rings. The lowest BCUT2D eigenvalue weighted by Crippen LogP contribution is -2.35. The molecular formula is C29H27FN2O2. The number of nitrogens with one attached hydrogen (secondary N) is 1. The summed E-state index contributed by atoms with van der Waals surface area (Å²) in [5, 5.41) is 5.67. The summed E-state index contributed by atoms with van der Waals surface area (Å²) in [6.07, 6.45) is 2.25. The predicted octanol–water partition coefficient (Wildman–Crippen LogP) is 6.58. The Balaban J connectivity index is 1.38. The number of nitrogens with zero attached hydrogens (tertiary/aromatic N) is 1. The molecule has 0 aromatic heterocycles. The molecule has 5 heteroatoms. The third-order valence-electron chi connectivity index (χ3n) is 6.26. The average molecular weight is 455 g/mol. The Kier molecular flexibility index (Phi) is 6.43. The van der Waals surface area contributed by atoms with Crippen LogP contribution in [0.4, 0.5) is 14.9 Å². The van der Waals surface area contributed by atoms with Gasteiger partial charge in [-0.2, -0.15) is 0 Å². The second kappa shape index (κ2) is 9.96. The first-order chi connectivity index (χ1) is 16.7. The Morgan fingerprint density at radius 2 is 1.71 bits per heavy atom. The molecule has 1 aliphatic heterocycles. The number of carbonyl (C=O) groups excluding carboxylic acids is 1. The molecule has 0 fully saturated rings. The third-order valence-corrected chi connectivity index (χ3v) is 6.26. The number of ether oxygens (including phenoxy) is 1. The Bertz CT molecular complexity index is 1300. The van der Waals surface area contributed by atoms with Crippen molar-refractivity contribution in [3.05, 3.63) is 107 Å². The Morgan fingerprint density at radius 3 is 2.56 bits per heavy atom. The first-order valence-corrected chi connectivity index (χ1v) is 11.7. The first-order valence-electron chi connectivity index (χ1n) is 11.7. The molecule has 5 rings (SSSR count). The Morgan fingerprint density at radius 1 is 0.912 bits per heavy atom. The van der Waals surface area contributed by atoms with Crippen molar-refractivity contribution in [2.75, 3.05) is 18.4 Å². The number of amides is 1. The van der Waals surface area contributed by atoms with E-state index in [1.54, 1.807) is 17.0 Å². The molecule has 34 heavy (non-hydrogen) atoms. The molecule has 0 unspecified atom stereocenters. The van der Waals surface area contributed by atoms with Crippen LogP contribution in [0.15, 0.2) is 84.9 Å². The van der Waals surface area contributed by atoms with Gasteiger partial charge in [0.05, 0.1) is 5.69 Å². The lowest BCUT2D eigenvalue weighted by Gasteiger charge is -2.25. The molecule has 172 valence electrons. The van der Waals surface area contributed by atoms with Crippen LogP contribution in [-0.2, 0) is 19.4 Å². The van der Waals surface area contributed by atoms with Gasteiger partial charge >= 0.3 is 6.09 Å². The number of para-hydroxylation sites is 1. The monoisotopic (exact) mass is 454 g/mol. The molecule has 1 N–H and O–H groups in total. The second-order valence-electron chi connectivity index (χ2n) is 8.67. The van der Waals surface area contributed by atoms with E-state index in [1.807, 2.05) is 30.3 Å². The number of carbonyl (C=O) groups is 1. The quantitative estimate of drug-likeness (QED) is 0.358. The molecule has 0 spiro atoms. The van der Waals surface area contributed by atoms with Crippen LogP contribution in [0.5, 0.6) is 5.75 Å². The summed E-state index contributed by atoms with van der Waals surface area (Å²) < 4.78 is 19.2. The van der Waals surface area contributed by atoms with Gasteiger partial charge in [0.2, 0.25) is 0 Å². The summed E-state index contributed by atoms with van der Waals surface area (Å²) >= 11 is 0. The number of benzene rings is 4. The van der Waals surface area contributed by atoms with E-state index >= 15 is 0 Å². The molecule has 4 aromatic carbocycles. The van der Waals surface area contributed by atoms with Crippen LogP contribution < -0.4 is 10.1 Å². The molecular weight excluding hydrogens is 427 g/mol. The molecule has 0 saturated carbocycles. The van der Waals surface area contributed by atoms with Gasteiger partial charge in [0.25, 0.3) is 0 Å². The van der Waals surface area contributed by atoms with Crippen LogP contribution in [-0.4, -0.2) is 24.1 Å². The van der Waals surface area contributed by atoms with Crippen molar-refractivity contribution < 1.29 is 13.9 Å². The second-order valence-corrected chi connectivity index (χ2v) is 8.67. The molecule has 4 nitrogen and oxygen atoms in total. The zero-order chi connectivity index (χ0) is 23.3. The first kappa shape index (κ1) is 22.0. The summed E-state index contributed by atoms with van der Waals surface area (Å²) in [5.74, 6) is 0.296. The van der Waals surface area contributed by atoms with Gasteiger partial charge in [-0.25, -0.2) is 9.18 Å². The molecule has 0 aliphatic carbocycles. The van der Waals surface area contributed by atoms with Gasteiger partial charge in [-0.3, -0.25) is 0 Å². The van der Waals surface area contributed by atoms with E-state index in [9.17, 15) is 9.18 Å². The number of aryl methyl sites for hydroxylation is 1. The minimum absolute atomic E-state index is 0.266. The number of hydrogen-bond donors (Lipinski definition) is 1. The van der Waals surface area contributed by atoms with Crippen molar-refractivity contribution in [2.45, 2.75) is 25.8 Å². The molecule has 0 saturated heterocycles. The lowest BCUT2D eigenvalue weighted by molar-refractivity contribution is 0.150. The van der Waals surface area contributed by atoms with Crippen molar-refractivity contribution >= 4 is 22.6 Å². The van der Waals surface area contributed by atoms with Crippen molar-refractivity contribution in [2.24, 2.45) is 0 Å². The van der Waals surface area contributed by atoms with Crippen LogP contribution in [0.2, 0.25) is 0 Å². The number of fused-ring (bicyclic) bond motifs is 2. The van der Waals surface area contributed by atoms with Crippen molar-refractivity contribution in [1.82, 2.24) is 4.90 Å². The SMILES string of the molecule is O=C(Oc1cccc2c1NCCC2)N(CCc1ccc(F)cc1)Cc1ccc2ccccc2c1. The van der Waals surface area contributed by atoms with Crippen molar-refractivity contribution in [1.29, 1.82) is 0 Å². The lowest BCUT2D eigenvalue weighted by atomic mass is 10.0. The Hall–Kier alpha value is -3.86. The summed E-state index contributed by atoms with van der Waals surface area (Å²) in [4.78, 5) is 15.1. The average Bonchev–Trinajstić information content (AvgIpc) is 2.87. The van der Waals surface area contributed by atoms with E-state index in [2.05, 4.69) is 35.6 Å². The van der Waals surface area contributed by atoms with Gasteiger partial charge in [-0.1, -0.05) is 60.7 Å². The normalized spacial score (nSPS) is 12.6. The molecule has 0 bridgehead atoms. The highest BCUT2D eigenvalue weighted by Crippen LogP contribution is 2.32. The van der Waals surface area contributed by atoms with Gasteiger partial charge in [0.15, 0.2) is 5.75 Å². The fourth-order valence-electron chi connectivity index (χ4n) is 4.43. The third kappa shape index (κ3) is 5.04. The molecule has 1 amide bonds. The van der Waals surface area contributed by atoms with E-state index in [0.717, 1.165) is 47.0 Å². The predicted molar refractivity (Wildman–Crippen MR) is 134 cm³/mol. The minimum Gasteiger partial charge on any atom is -0.408 e. The fourth-order valence-corrected chi connectivity index (χ4v) is 4.43. The smallest absolute Gasteiger partial charge is 0.408 e. The van der Waals surface area contributed by atoms with E-state index in [-0.39, 0.29) is 5.82 Å². The summed E-state index contributed by atoms with van der Waals surface area (Å²) in [5.41, 5.74) is 4.08. The van der Waals surface area contributed by atoms with E-state index < -0.39 is 6.09 Å². The van der Waals surface area contributed by atoms with Crippen LogP contribution in [0.3, 0.4) is 0 Å². The standard InChI is InChI=1S/C29H27FN2O2/c30-26-14-11-21(12-15-26)16-18-32(20-22-10-13-23-5-1-2-6-25(23)19-22)29(33)34-27-9-3-7-24-8-4-17-31-28(24)27/h1-3,5-7,9-15,19,31H,4,8,16-18,20H2. The van der Waals surface area contributed by atoms with E-state index in [0.29, 0.717) is 25.3 Å². The molecule has 1 heterocycles. The van der Waals surface area contributed by atoms with E-state index in [4.69, 9.17) is 4.74 Å². The molecule has 0 radical (unpaired) electrons. The van der Waals surface area contributed by atoms with Crippen molar-refractivity contribution in [3.63, 3.8) is 0 Å². The van der Waals surface area contributed by atoms with Crippen LogP contribution in [0.1, 0.15) is 23.1 Å². The van der Waals surface area contributed by atoms with Gasteiger partial charge in [0.1, 0.15) is 5.82 Å². The van der Waals surface area contributed by atoms with Gasteiger partial charge in [-0.15, -0.1) is 0 Å². The maximum Gasteiger partial charge on any atom is 0.415 e. The maximum absolute atomic E-state index is 13.4. The maximum atomic E-state index is 13.4. The van der Waals surface area contributed by atoms with E-state index in [1.165, 1.54) is 17.7 Å². The zero-order valence-corrected chi connectivity index (χ0v) is 19.0. The van der Waals surface area contributed by atoms with Gasteiger partial charge in [-0.05, 0) is 71.0 Å². The largest absolute Gasteiger partial charge is 0.415 e. The number of hydrogen-bond acceptors (Lipinski definition) is 3. The zero-order valence-electron chi connectivity index (χ0n) is 19.0. The van der Waals surface area contributed by atoms with Crippen LogP contribution in [0, 0.1) is 5.82 Å². The summed E-state index contributed by atoms with van der Waals surface area (Å²) in [6, 6.07) is 26.7. The Labute approximate surface area is 199 Å². The fraction of sp³-hybridized carbons (Fsp3) is 0.207. The number of anilines is 1. The van der Waals surface area contributed by atoms with Crippen molar-refractivity contribution in [3.8, 4) is 5.75 Å². The summed E-state index contributed by atoms with van der Waals surface area (Å²) in [7, 11) is 0. The molecule has 0 atom stereocenters. The highest BCUT2D eigenvalue weighted by molar-refractivity contribution is 5.83. The molecule has 1 aliphatic rings.